The molecule has 48 heavy (non-hydrogen) atoms. The third kappa shape index (κ3) is 5.51. The van der Waals surface area contributed by atoms with Crippen LogP contribution in [0.5, 0.6) is 0 Å². The van der Waals surface area contributed by atoms with E-state index in [0.29, 0.717) is 11.0 Å². The molecule has 0 aliphatic heterocycles. The van der Waals surface area contributed by atoms with Crippen LogP contribution in [0.15, 0.2) is 131 Å². The summed E-state index contributed by atoms with van der Waals surface area (Å²) in [6.45, 7) is 5.36. The number of benzene rings is 4. The Kier molecular flexibility index (Phi) is 8.38. The first kappa shape index (κ1) is 32.6. The van der Waals surface area contributed by atoms with Gasteiger partial charge in [-0.2, -0.15) is 5.10 Å². The number of rotatable bonds is 8. The van der Waals surface area contributed by atoms with Crippen LogP contribution in [0.3, 0.4) is 0 Å². The van der Waals surface area contributed by atoms with Crippen molar-refractivity contribution in [3.05, 3.63) is 144 Å². The van der Waals surface area contributed by atoms with Crippen molar-refractivity contribution in [1.82, 2.24) is 14.8 Å². The molecular weight excluding hydrogens is 626 g/mol. The molecule has 0 unspecified atom stereocenters. The minimum absolute atomic E-state index is 0.143. The van der Waals surface area contributed by atoms with Crippen molar-refractivity contribution in [2.24, 2.45) is 5.41 Å². The summed E-state index contributed by atoms with van der Waals surface area (Å²) in [6.07, 6.45) is 1.29. The van der Waals surface area contributed by atoms with Crippen LogP contribution in [0.4, 0.5) is 15.9 Å². The van der Waals surface area contributed by atoms with Gasteiger partial charge in [0, 0.05) is 19.5 Å². The van der Waals surface area contributed by atoms with E-state index in [1.165, 1.54) is 24.4 Å². The van der Waals surface area contributed by atoms with Gasteiger partial charge in [0.1, 0.15) is 16.3 Å². The minimum atomic E-state index is -4.28. The van der Waals surface area contributed by atoms with Crippen molar-refractivity contribution in [2.45, 2.75) is 36.1 Å². The number of hydrogen-bond acceptors (Lipinski definition) is 6. The van der Waals surface area contributed by atoms with Crippen LogP contribution < -0.4 is 10.2 Å². The predicted molar refractivity (Wildman–Crippen MR) is 186 cm³/mol. The topological polar surface area (TPSA) is 97.2 Å². The molecule has 244 valence electrons. The number of nitrogens with one attached hydrogen (secondary N) is 1. The fourth-order valence-electron chi connectivity index (χ4n) is 5.97. The minimum Gasteiger partial charge on any atom is -0.376 e. The lowest BCUT2D eigenvalue weighted by molar-refractivity contribution is -0.123. The molecule has 2 aromatic heterocycles. The summed E-state index contributed by atoms with van der Waals surface area (Å²) in [4.78, 5) is 19.7. The molecule has 0 saturated carbocycles. The summed E-state index contributed by atoms with van der Waals surface area (Å²) in [5, 5.41) is 8.46. The first-order valence-electron chi connectivity index (χ1n) is 15.4. The Hall–Kier alpha value is -5.35. The highest BCUT2D eigenvalue weighted by Crippen LogP contribution is 2.46. The number of carbonyl (C=O) groups is 1. The number of aromatic nitrogens is 3. The van der Waals surface area contributed by atoms with Gasteiger partial charge in [-0.15, -0.1) is 0 Å². The van der Waals surface area contributed by atoms with E-state index in [2.05, 4.69) is 5.32 Å². The lowest BCUT2D eigenvalue weighted by Crippen LogP contribution is -2.39. The molecule has 8 nitrogen and oxygen atoms in total. The van der Waals surface area contributed by atoms with E-state index in [-0.39, 0.29) is 27.2 Å². The van der Waals surface area contributed by atoms with Gasteiger partial charge in [-0.3, -0.25) is 4.79 Å². The number of amides is 1. The van der Waals surface area contributed by atoms with Gasteiger partial charge in [0.15, 0.2) is 11.5 Å². The van der Waals surface area contributed by atoms with Gasteiger partial charge in [0.25, 0.3) is 0 Å². The van der Waals surface area contributed by atoms with Gasteiger partial charge in [-0.25, -0.2) is 22.5 Å². The van der Waals surface area contributed by atoms with Crippen LogP contribution >= 0.6 is 0 Å². The number of hydrogen-bond donors (Lipinski definition) is 1. The van der Waals surface area contributed by atoms with Crippen LogP contribution in [0.25, 0.3) is 11.0 Å². The van der Waals surface area contributed by atoms with E-state index in [1.807, 2.05) is 91.0 Å². The molecule has 10 heteroatoms. The third-order valence-corrected chi connectivity index (χ3v) is 10.0. The van der Waals surface area contributed by atoms with Crippen LogP contribution in [-0.4, -0.2) is 43.2 Å². The van der Waals surface area contributed by atoms with Gasteiger partial charge in [-0.1, -0.05) is 118 Å². The highest BCUT2D eigenvalue weighted by atomic mass is 32.2. The van der Waals surface area contributed by atoms with Crippen LogP contribution in [-0.2, 0) is 20.2 Å². The lowest BCUT2D eigenvalue weighted by atomic mass is 9.77. The Balaban J connectivity index is 1.80. The summed E-state index contributed by atoms with van der Waals surface area (Å²) >= 11 is 0. The number of fused-ring (bicyclic) bond motifs is 1. The zero-order valence-corrected chi connectivity index (χ0v) is 28.2. The van der Waals surface area contributed by atoms with Gasteiger partial charge in [-0.05, 0) is 34.9 Å². The predicted octanol–water partition coefficient (Wildman–Crippen LogP) is 7.29. The molecule has 1 amide bonds. The number of halogens is 1. The Morgan fingerprint density at radius 2 is 1.31 bits per heavy atom. The van der Waals surface area contributed by atoms with Crippen molar-refractivity contribution >= 4 is 38.3 Å². The number of carbonyl (C=O) groups excluding carboxylic acids is 1. The van der Waals surface area contributed by atoms with E-state index in [1.54, 1.807) is 44.4 Å². The molecule has 0 bridgehead atoms. The number of anilines is 2. The summed E-state index contributed by atoms with van der Waals surface area (Å²) in [6, 6.07) is 34.4. The van der Waals surface area contributed by atoms with E-state index < -0.39 is 26.6 Å². The molecule has 4 aromatic carbocycles. The van der Waals surface area contributed by atoms with Crippen molar-refractivity contribution in [3.8, 4) is 0 Å². The largest absolute Gasteiger partial charge is 0.376 e. The molecule has 0 aliphatic rings. The number of pyridine rings is 1. The smallest absolute Gasteiger partial charge is 0.230 e. The molecule has 6 rings (SSSR count). The summed E-state index contributed by atoms with van der Waals surface area (Å²) < 4.78 is 44.4. The average molecular weight is 662 g/mol. The van der Waals surface area contributed by atoms with E-state index >= 15 is 0 Å². The molecule has 0 atom stereocenters. The fraction of sp³-hybridized carbons (Fsp3) is 0.184. The quantitative estimate of drug-likeness (QED) is 0.172. The Bertz CT molecular complexity index is 2120. The normalized spacial score (nSPS) is 12.2. The maximum atomic E-state index is 14.3. The summed E-state index contributed by atoms with van der Waals surface area (Å²) in [5.74, 6) is -0.854. The maximum absolute atomic E-state index is 14.3. The van der Waals surface area contributed by atoms with Crippen molar-refractivity contribution in [3.63, 3.8) is 0 Å². The van der Waals surface area contributed by atoms with Gasteiger partial charge >= 0.3 is 0 Å². The number of sulfone groups is 1. The second kappa shape index (κ2) is 12.4. The summed E-state index contributed by atoms with van der Waals surface area (Å²) in [5.41, 5.74) is 1.26. The molecule has 0 spiro atoms. The Labute approximate surface area is 279 Å². The fourth-order valence-corrected chi connectivity index (χ4v) is 7.48. The SMILES string of the molecule is CN(C)c1c(S(=O)(=O)c2cccc(F)c2)cnc2c1c(NC(=O)C(C)(C)C)nn2C(c1ccccc1)(c1ccccc1)c1ccccc1. The molecule has 0 fully saturated rings. The Morgan fingerprint density at radius 3 is 1.77 bits per heavy atom. The van der Waals surface area contributed by atoms with Crippen LogP contribution in [0, 0.1) is 11.2 Å². The van der Waals surface area contributed by atoms with E-state index in [9.17, 15) is 17.6 Å². The monoisotopic (exact) mass is 661 g/mol. The molecule has 0 saturated heterocycles. The third-order valence-electron chi connectivity index (χ3n) is 8.28. The first-order valence-corrected chi connectivity index (χ1v) is 16.9. The van der Waals surface area contributed by atoms with E-state index in [0.717, 1.165) is 22.8 Å². The maximum Gasteiger partial charge on any atom is 0.230 e. The molecule has 0 aliphatic carbocycles. The number of nitrogens with zero attached hydrogens (tertiary/aromatic N) is 4. The zero-order chi connectivity index (χ0) is 34.3. The molecule has 0 radical (unpaired) electrons. The van der Waals surface area contributed by atoms with Gasteiger partial charge in [0.05, 0.1) is 22.2 Å². The molecule has 2 heterocycles. The summed E-state index contributed by atoms with van der Waals surface area (Å²) in [7, 11) is -0.852. The lowest BCUT2D eigenvalue weighted by Gasteiger charge is -2.36. The second-order valence-electron chi connectivity index (χ2n) is 12.8. The van der Waals surface area contributed by atoms with Crippen LogP contribution in [0.1, 0.15) is 37.5 Å². The average Bonchev–Trinajstić information content (AvgIpc) is 3.44. The standard InChI is InChI=1S/C38H36FN5O3S/c1-37(2,3)36(45)41-34-32-33(43(4)5)31(48(46,47)30-23-15-22-29(39)24-30)25-40-35(32)44(42-34)38(26-16-9-6-10-17-26,27-18-11-7-12-19-27)28-20-13-8-14-21-28/h6-25H,1-5H3,(H,41,42,45). The highest BCUT2D eigenvalue weighted by Gasteiger charge is 2.43. The molecule has 1 N–H and O–H groups in total. The van der Waals surface area contributed by atoms with Crippen molar-refractivity contribution < 1.29 is 17.6 Å². The van der Waals surface area contributed by atoms with Crippen molar-refractivity contribution in [1.29, 1.82) is 0 Å². The van der Waals surface area contributed by atoms with Crippen LogP contribution in [0.2, 0.25) is 0 Å². The van der Waals surface area contributed by atoms with Gasteiger partial charge < -0.3 is 10.2 Å². The zero-order valence-electron chi connectivity index (χ0n) is 27.3. The highest BCUT2D eigenvalue weighted by molar-refractivity contribution is 7.91. The van der Waals surface area contributed by atoms with Gasteiger partial charge in [0.2, 0.25) is 15.7 Å². The van der Waals surface area contributed by atoms with Crippen molar-refractivity contribution in [2.75, 3.05) is 24.3 Å². The first-order chi connectivity index (χ1) is 22.9. The molecule has 6 aromatic rings. The second-order valence-corrected chi connectivity index (χ2v) is 14.7. The Morgan fingerprint density at radius 1 is 0.792 bits per heavy atom. The van der Waals surface area contributed by atoms with E-state index in [4.69, 9.17) is 10.1 Å². The molecular formula is C38H36FN5O3S.